The number of hydrogen-bond donors (Lipinski definition) is 5. The SMILES string of the molecule is Cc1cc(SCC2=C(C(=O)O)N3C(=O)[C@@H](NC(=O)C(=NOC(C(=O)OC(c4ccccc4)c4ccccc4)c4ccc(O)c(O)c4)c4csc(N)n4)[C@H]3SC2)n2nc(C(=O)OC(c3ccccc3)c3ccccc3)nc2n1. The van der Waals surface area contributed by atoms with Crippen LogP contribution in [-0.2, 0) is 33.5 Å². The van der Waals surface area contributed by atoms with E-state index < -0.39 is 76.7 Å². The Morgan fingerprint density at radius 2 is 1.39 bits per heavy atom. The van der Waals surface area contributed by atoms with Crippen molar-refractivity contribution in [1.29, 1.82) is 0 Å². The Hall–Kier alpha value is -9.06. The normalized spacial score (nSPS) is 15.7. The van der Waals surface area contributed by atoms with Crippen LogP contribution in [0.5, 0.6) is 11.5 Å². The third-order valence-corrected chi connectivity index (χ3v) is 15.2. The van der Waals surface area contributed by atoms with Crippen molar-refractivity contribution in [3.8, 4) is 11.5 Å². The van der Waals surface area contributed by atoms with Crippen molar-refractivity contribution in [2.45, 2.75) is 41.7 Å². The van der Waals surface area contributed by atoms with Gasteiger partial charge in [-0.25, -0.2) is 24.4 Å². The number of nitrogen functional groups attached to an aromatic ring is 1. The van der Waals surface area contributed by atoms with Gasteiger partial charge in [0.05, 0.1) is 0 Å². The van der Waals surface area contributed by atoms with Crippen molar-refractivity contribution in [1.82, 2.24) is 34.8 Å². The predicted octanol–water partition coefficient (Wildman–Crippen LogP) is 7.15. The van der Waals surface area contributed by atoms with Crippen LogP contribution in [0.25, 0.3) is 5.78 Å². The molecule has 6 N–H and O–H groups in total. The van der Waals surface area contributed by atoms with Crippen LogP contribution in [0.1, 0.15) is 68.1 Å². The Morgan fingerprint density at radius 1 is 0.792 bits per heavy atom. The van der Waals surface area contributed by atoms with Crippen LogP contribution in [0.15, 0.2) is 172 Å². The molecule has 2 amide bonds. The summed E-state index contributed by atoms with van der Waals surface area (Å²) in [6, 6.07) is 40.3. The number of thioether (sulfide) groups is 2. The second kappa shape index (κ2) is 22.4. The number of nitrogens with zero attached hydrogens (tertiary/aromatic N) is 7. The van der Waals surface area contributed by atoms with Gasteiger partial charge in [-0.05, 0) is 52.9 Å². The zero-order chi connectivity index (χ0) is 53.7. The molecule has 1 saturated heterocycles. The van der Waals surface area contributed by atoms with E-state index in [0.717, 1.165) is 39.5 Å². The van der Waals surface area contributed by atoms with Crippen LogP contribution in [0.2, 0.25) is 0 Å². The monoisotopic (exact) mass is 1090 g/mol. The highest BCUT2D eigenvalue weighted by molar-refractivity contribution is 8.01. The predicted molar refractivity (Wildman–Crippen MR) is 284 cm³/mol. The standard InChI is InChI=1S/C54H43N9O11S3/c1-29-24-39(63-54(56-29)59-46(60-63)52(71)73-44(32-18-10-4-11-19-32)33-20-12-5-13-21-33)75-26-35-27-76-49-41(48(67)62(49)42(35)50(68)69)58-47(66)40(36-28-77-53(55)57-36)61-74-45(34-22-23-37(64)38(65)25-34)51(70)72-43(30-14-6-2-7-15-30)31-16-8-3-9-17-31/h2-25,28,41,43-45,49,64-65H,26-27H2,1H3,(H2,55,57)(H,58,66)(H,68,69)/t41-,45?,49-/m1/s1. The van der Waals surface area contributed by atoms with Crippen molar-refractivity contribution in [3.05, 3.63) is 207 Å². The molecule has 0 radical (unpaired) electrons. The molecule has 20 nitrogen and oxygen atoms in total. The highest BCUT2D eigenvalue weighted by Crippen LogP contribution is 2.42. The molecule has 5 heterocycles. The first-order valence-electron chi connectivity index (χ1n) is 23.5. The Kier molecular flexibility index (Phi) is 15.0. The van der Waals surface area contributed by atoms with Gasteiger partial charge in [0.15, 0.2) is 34.6 Å². The summed E-state index contributed by atoms with van der Waals surface area (Å²) in [4.78, 5) is 89.3. The van der Waals surface area contributed by atoms with E-state index in [1.54, 1.807) is 73.7 Å². The zero-order valence-electron chi connectivity index (χ0n) is 40.3. The molecule has 0 spiro atoms. The van der Waals surface area contributed by atoms with Crippen LogP contribution in [0.3, 0.4) is 0 Å². The van der Waals surface area contributed by atoms with Crippen LogP contribution >= 0.6 is 34.9 Å². The number of nitrogens with one attached hydrogen (secondary N) is 1. The fourth-order valence-corrected chi connectivity index (χ4v) is 11.5. The molecule has 1 unspecified atom stereocenters. The fraction of sp³-hybridized carbons (Fsp3) is 0.148. The Balaban J connectivity index is 0.869. The number of ether oxygens (including phenoxy) is 2. The number of hydrogen-bond acceptors (Lipinski definition) is 19. The average Bonchev–Trinajstić information content (AvgIpc) is 4.11. The molecule has 10 rings (SSSR count). The van der Waals surface area contributed by atoms with Gasteiger partial charge < -0.3 is 40.7 Å². The summed E-state index contributed by atoms with van der Waals surface area (Å²) in [5.41, 5.74) is 8.78. The number of esters is 2. The Labute approximate surface area is 450 Å². The average molecular weight is 1090 g/mol. The van der Waals surface area contributed by atoms with Gasteiger partial charge in [-0.2, -0.15) is 9.50 Å². The minimum absolute atomic E-state index is 0.0113. The summed E-state index contributed by atoms with van der Waals surface area (Å²) in [6.07, 6.45) is -3.44. The molecule has 77 heavy (non-hydrogen) atoms. The number of aromatic nitrogens is 5. The van der Waals surface area contributed by atoms with Crippen LogP contribution < -0.4 is 11.1 Å². The number of phenolic OH excluding ortho intramolecular Hbond substituents is 2. The number of fused-ring (bicyclic) bond motifs is 2. The first-order valence-corrected chi connectivity index (χ1v) is 26.4. The quantitative estimate of drug-likeness (QED) is 0.0108. The minimum Gasteiger partial charge on any atom is -0.504 e. The summed E-state index contributed by atoms with van der Waals surface area (Å²) in [5.74, 6) is -5.84. The molecule has 0 bridgehead atoms. The Morgan fingerprint density at radius 3 is 1.95 bits per heavy atom. The second-order valence-electron chi connectivity index (χ2n) is 17.3. The maximum absolute atomic E-state index is 14.3. The molecule has 3 aromatic heterocycles. The fourth-order valence-electron chi connectivity index (χ4n) is 8.46. The molecule has 2 aliphatic heterocycles. The van der Waals surface area contributed by atoms with E-state index in [2.05, 4.69) is 30.5 Å². The van der Waals surface area contributed by atoms with Crippen molar-refractivity contribution < 1.29 is 53.6 Å². The van der Waals surface area contributed by atoms with E-state index in [0.29, 0.717) is 27.4 Å². The smallest absolute Gasteiger partial charge is 0.379 e. The molecular weight excluding hydrogens is 1050 g/mol. The number of anilines is 1. The number of aliphatic carboxylic acids is 1. The van der Waals surface area contributed by atoms with Gasteiger partial charge in [-0.3, -0.25) is 14.5 Å². The molecule has 0 saturated carbocycles. The zero-order valence-corrected chi connectivity index (χ0v) is 42.7. The summed E-state index contributed by atoms with van der Waals surface area (Å²) in [5, 5.41) is 43.5. The lowest BCUT2D eigenvalue weighted by molar-refractivity contribution is -0.162. The number of carboxylic acid groups (broad SMARTS) is 1. The number of nitrogens with two attached hydrogens (primary N) is 1. The van der Waals surface area contributed by atoms with E-state index in [4.69, 9.17) is 20.0 Å². The number of β-lactam (4-membered cyclic amide) rings is 1. The first kappa shape index (κ1) is 51.4. The second-order valence-corrected chi connectivity index (χ2v) is 20.3. The molecule has 0 aliphatic carbocycles. The van der Waals surface area contributed by atoms with Crippen molar-refractivity contribution in [3.63, 3.8) is 0 Å². The minimum atomic E-state index is -1.75. The number of oxime groups is 1. The molecule has 8 aromatic rings. The van der Waals surface area contributed by atoms with Crippen LogP contribution in [0, 0.1) is 6.92 Å². The van der Waals surface area contributed by atoms with Gasteiger partial charge in [0.1, 0.15) is 27.8 Å². The largest absolute Gasteiger partial charge is 0.504 e. The number of aryl methyl sites for hydroxylation is 1. The molecule has 2 aliphatic rings. The molecule has 23 heteroatoms. The summed E-state index contributed by atoms with van der Waals surface area (Å²) >= 11 is 3.39. The molecule has 3 atom stereocenters. The van der Waals surface area contributed by atoms with Crippen LogP contribution in [0.4, 0.5) is 5.13 Å². The lowest BCUT2D eigenvalue weighted by Gasteiger charge is -2.49. The maximum atomic E-state index is 14.3. The first-order chi connectivity index (χ1) is 37.3. The van der Waals surface area contributed by atoms with Crippen molar-refractivity contribution >= 4 is 81.2 Å². The van der Waals surface area contributed by atoms with Gasteiger partial charge in [0, 0.05) is 28.1 Å². The topological polar surface area (TPSA) is 283 Å². The Bertz CT molecular complexity index is 3530. The van der Waals surface area contributed by atoms with E-state index in [9.17, 15) is 39.3 Å². The van der Waals surface area contributed by atoms with Gasteiger partial charge in [0.2, 0.25) is 6.10 Å². The van der Waals surface area contributed by atoms with E-state index >= 15 is 0 Å². The highest BCUT2D eigenvalue weighted by atomic mass is 32.2. The molecule has 1 fully saturated rings. The number of amides is 2. The number of phenols is 2. The van der Waals surface area contributed by atoms with Gasteiger partial charge in [-0.15, -0.1) is 40.0 Å². The number of carbonyl (C=O) groups is 5. The lowest BCUT2D eigenvalue weighted by Crippen LogP contribution is -2.71. The van der Waals surface area contributed by atoms with Crippen LogP contribution in [-0.4, -0.2) is 103 Å². The third-order valence-electron chi connectivity index (χ3n) is 12.1. The summed E-state index contributed by atoms with van der Waals surface area (Å²) < 4.78 is 13.5. The molecule has 5 aromatic carbocycles. The van der Waals surface area contributed by atoms with Crippen molar-refractivity contribution in [2.75, 3.05) is 17.2 Å². The molecule has 388 valence electrons. The number of rotatable bonds is 18. The summed E-state index contributed by atoms with van der Waals surface area (Å²) in [7, 11) is 0. The van der Waals surface area contributed by atoms with Gasteiger partial charge in [0.25, 0.3) is 23.4 Å². The van der Waals surface area contributed by atoms with Gasteiger partial charge >= 0.3 is 17.9 Å². The summed E-state index contributed by atoms with van der Waals surface area (Å²) in [6.45, 7) is 1.74. The number of carboxylic acids is 1. The number of thiazole rings is 1. The molecular formula is C54H43N9O11S3. The lowest BCUT2D eigenvalue weighted by atomic mass is 10.0. The number of carbonyl (C=O) groups excluding carboxylic acids is 4. The number of aromatic hydroxyl groups is 2. The van der Waals surface area contributed by atoms with E-state index in [1.807, 2.05) is 60.7 Å². The van der Waals surface area contributed by atoms with Gasteiger partial charge in [-0.1, -0.05) is 133 Å². The maximum Gasteiger partial charge on any atom is 0.379 e. The third kappa shape index (κ3) is 11.0. The number of benzene rings is 5. The van der Waals surface area contributed by atoms with E-state index in [-0.39, 0.29) is 45.2 Å². The van der Waals surface area contributed by atoms with Crippen molar-refractivity contribution in [2.24, 2.45) is 5.16 Å². The highest BCUT2D eigenvalue weighted by Gasteiger charge is 2.54. The van der Waals surface area contributed by atoms with E-state index in [1.165, 1.54) is 39.5 Å².